The van der Waals surface area contributed by atoms with Crippen LogP contribution in [0.3, 0.4) is 0 Å². The molecule has 1 heterocycles. The summed E-state index contributed by atoms with van der Waals surface area (Å²) in [6.45, 7) is 9.66. The lowest BCUT2D eigenvalue weighted by molar-refractivity contribution is 0.429. The number of rotatable bonds is 10. The summed E-state index contributed by atoms with van der Waals surface area (Å²) in [6.07, 6.45) is 6.29. The Kier molecular flexibility index (Phi) is 6.11. The molecule has 0 spiro atoms. The Hall–Kier alpha value is -0.800. The standard InChI is InChI=1S/C17H30N2O/c1-13(2)11-18-12-17-14(3)10-16(20-17)6-4-5-9-19-15-7-8-15/h10,13,15,18-19H,4-9,11-12H2,1-3H3. The Bertz CT molecular complexity index is 394. The summed E-state index contributed by atoms with van der Waals surface area (Å²) in [6, 6.07) is 3.04. The summed E-state index contributed by atoms with van der Waals surface area (Å²) in [5.74, 6) is 2.94. The molecule has 3 nitrogen and oxygen atoms in total. The van der Waals surface area contributed by atoms with Gasteiger partial charge in [0.15, 0.2) is 0 Å². The summed E-state index contributed by atoms with van der Waals surface area (Å²) < 4.78 is 5.95. The number of unbranched alkanes of at least 4 members (excludes halogenated alkanes) is 1. The summed E-state index contributed by atoms with van der Waals surface area (Å²) in [7, 11) is 0. The molecule has 0 atom stereocenters. The molecule has 0 bridgehead atoms. The van der Waals surface area contributed by atoms with Crippen molar-refractivity contribution in [3.05, 3.63) is 23.2 Å². The summed E-state index contributed by atoms with van der Waals surface area (Å²) >= 11 is 0. The van der Waals surface area contributed by atoms with Gasteiger partial charge in [-0.25, -0.2) is 0 Å². The first-order chi connectivity index (χ1) is 9.65. The van der Waals surface area contributed by atoms with Crippen molar-refractivity contribution in [2.45, 2.75) is 65.5 Å². The molecule has 1 aliphatic rings. The second kappa shape index (κ2) is 7.84. The Balaban J connectivity index is 1.63. The van der Waals surface area contributed by atoms with Gasteiger partial charge < -0.3 is 15.1 Å². The summed E-state index contributed by atoms with van der Waals surface area (Å²) in [5, 5.41) is 7.00. The first-order valence-corrected chi connectivity index (χ1v) is 8.17. The lowest BCUT2D eigenvalue weighted by atomic mass is 10.2. The molecule has 3 heteroatoms. The minimum absolute atomic E-state index is 0.684. The maximum atomic E-state index is 5.95. The molecule has 1 aromatic heterocycles. The number of furan rings is 1. The molecule has 0 unspecified atom stereocenters. The van der Waals surface area contributed by atoms with Gasteiger partial charge in [-0.3, -0.25) is 0 Å². The van der Waals surface area contributed by atoms with E-state index in [4.69, 9.17) is 4.42 Å². The maximum absolute atomic E-state index is 5.95. The van der Waals surface area contributed by atoms with Crippen molar-refractivity contribution in [3.8, 4) is 0 Å². The summed E-state index contributed by atoms with van der Waals surface area (Å²) in [5.41, 5.74) is 1.28. The van der Waals surface area contributed by atoms with Crippen molar-refractivity contribution in [1.29, 1.82) is 0 Å². The molecule has 2 rings (SSSR count). The molecule has 1 fully saturated rings. The molecule has 20 heavy (non-hydrogen) atoms. The van der Waals surface area contributed by atoms with Crippen molar-refractivity contribution in [1.82, 2.24) is 10.6 Å². The predicted octanol–water partition coefficient (Wildman–Crippen LogP) is 3.41. The second-order valence-corrected chi connectivity index (χ2v) is 6.53. The van der Waals surface area contributed by atoms with Crippen LogP contribution in [0, 0.1) is 12.8 Å². The zero-order valence-electron chi connectivity index (χ0n) is 13.3. The van der Waals surface area contributed by atoms with E-state index >= 15 is 0 Å². The van der Waals surface area contributed by atoms with Crippen molar-refractivity contribution in [3.63, 3.8) is 0 Å². The highest BCUT2D eigenvalue weighted by atomic mass is 16.3. The zero-order valence-corrected chi connectivity index (χ0v) is 13.3. The molecule has 2 N–H and O–H groups in total. The quantitative estimate of drug-likeness (QED) is 0.644. The summed E-state index contributed by atoms with van der Waals surface area (Å²) in [4.78, 5) is 0. The van der Waals surface area contributed by atoms with Gasteiger partial charge in [-0.15, -0.1) is 0 Å². The Labute approximate surface area is 123 Å². The van der Waals surface area contributed by atoms with Gasteiger partial charge in [0, 0.05) is 12.5 Å². The SMILES string of the molecule is Cc1cc(CCCCNC2CC2)oc1CNCC(C)C. The molecule has 0 radical (unpaired) electrons. The molecule has 0 aliphatic heterocycles. The van der Waals surface area contributed by atoms with E-state index in [-0.39, 0.29) is 0 Å². The Morgan fingerprint density at radius 3 is 2.80 bits per heavy atom. The third-order valence-electron chi connectivity index (χ3n) is 3.77. The first kappa shape index (κ1) is 15.6. The lowest BCUT2D eigenvalue weighted by Gasteiger charge is -2.06. The largest absolute Gasteiger partial charge is 0.464 e. The highest BCUT2D eigenvalue weighted by molar-refractivity contribution is 5.20. The van der Waals surface area contributed by atoms with E-state index in [2.05, 4.69) is 37.5 Å². The van der Waals surface area contributed by atoms with E-state index in [0.717, 1.165) is 43.6 Å². The van der Waals surface area contributed by atoms with Gasteiger partial charge in [-0.1, -0.05) is 13.8 Å². The van der Waals surface area contributed by atoms with E-state index in [1.807, 2.05) is 0 Å². The number of hydrogen-bond acceptors (Lipinski definition) is 3. The van der Waals surface area contributed by atoms with Crippen LogP contribution in [0.5, 0.6) is 0 Å². The van der Waals surface area contributed by atoms with Crippen molar-refractivity contribution >= 4 is 0 Å². The van der Waals surface area contributed by atoms with Gasteiger partial charge in [0.2, 0.25) is 0 Å². The molecular weight excluding hydrogens is 248 g/mol. The minimum atomic E-state index is 0.684. The highest BCUT2D eigenvalue weighted by Crippen LogP contribution is 2.19. The van der Waals surface area contributed by atoms with Gasteiger partial charge in [0.25, 0.3) is 0 Å². The Morgan fingerprint density at radius 1 is 1.30 bits per heavy atom. The maximum Gasteiger partial charge on any atom is 0.120 e. The average Bonchev–Trinajstić information content (AvgIpc) is 3.14. The van der Waals surface area contributed by atoms with Gasteiger partial charge in [0.1, 0.15) is 11.5 Å². The number of aryl methyl sites for hydroxylation is 2. The number of nitrogens with one attached hydrogen (secondary N) is 2. The van der Waals surface area contributed by atoms with Crippen LogP contribution in [0.15, 0.2) is 10.5 Å². The third kappa shape index (κ3) is 5.68. The van der Waals surface area contributed by atoms with Gasteiger partial charge in [-0.2, -0.15) is 0 Å². The second-order valence-electron chi connectivity index (χ2n) is 6.53. The fraction of sp³-hybridized carbons (Fsp3) is 0.765. The van der Waals surface area contributed by atoms with Crippen LogP contribution in [0.4, 0.5) is 0 Å². The molecule has 114 valence electrons. The van der Waals surface area contributed by atoms with Crippen LogP contribution in [0.1, 0.15) is 56.6 Å². The van der Waals surface area contributed by atoms with E-state index < -0.39 is 0 Å². The third-order valence-corrected chi connectivity index (χ3v) is 3.77. The highest BCUT2D eigenvalue weighted by Gasteiger charge is 2.19. The molecule has 1 aliphatic carbocycles. The van der Waals surface area contributed by atoms with Gasteiger partial charge in [0.05, 0.1) is 6.54 Å². The van der Waals surface area contributed by atoms with E-state index in [0.29, 0.717) is 5.92 Å². The van der Waals surface area contributed by atoms with Gasteiger partial charge in [-0.05, 0) is 63.2 Å². The molecule has 1 aromatic rings. The van der Waals surface area contributed by atoms with E-state index in [9.17, 15) is 0 Å². The van der Waals surface area contributed by atoms with Gasteiger partial charge >= 0.3 is 0 Å². The van der Waals surface area contributed by atoms with Crippen LogP contribution >= 0.6 is 0 Å². The Morgan fingerprint density at radius 2 is 2.10 bits per heavy atom. The van der Waals surface area contributed by atoms with Crippen molar-refractivity contribution in [2.75, 3.05) is 13.1 Å². The molecule has 0 saturated heterocycles. The smallest absolute Gasteiger partial charge is 0.120 e. The van der Waals surface area contributed by atoms with E-state index in [1.165, 1.54) is 31.2 Å². The predicted molar refractivity (Wildman–Crippen MR) is 84.0 cm³/mol. The fourth-order valence-corrected chi connectivity index (χ4v) is 2.38. The van der Waals surface area contributed by atoms with Crippen LogP contribution < -0.4 is 10.6 Å². The topological polar surface area (TPSA) is 37.2 Å². The van der Waals surface area contributed by atoms with E-state index in [1.54, 1.807) is 0 Å². The van der Waals surface area contributed by atoms with Crippen molar-refractivity contribution < 1.29 is 4.42 Å². The van der Waals surface area contributed by atoms with Crippen LogP contribution in [0.25, 0.3) is 0 Å². The molecule has 0 amide bonds. The number of hydrogen-bond donors (Lipinski definition) is 2. The van der Waals surface area contributed by atoms with Crippen LogP contribution in [-0.4, -0.2) is 19.1 Å². The minimum Gasteiger partial charge on any atom is -0.464 e. The fourth-order valence-electron chi connectivity index (χ4n) is 2.38. The lowest BCUT2D eigenvalue weighted by Crippen LogP contribution is -2.19. The zero-order chi connectivity index (χ0) is 14.4. The van der Waals surface area contributed by atoms with Crippen molar-refractivity contribution in [2.24, 2.45) is 5.92 Å². The molecular formula is C17H30N2O. The average molecular weight is 278 g/mol. The first-order valence-electron chi connectivity index (χ1n) is 8.17. The van der Waals surface area contributed by atoms with Crippen LogP contribution in [0.2, 0.25) is 0 Å². The van der Waals surface area contributed by atoms with Crippen LogP contribution in [-0.2, 0) is 13.0 Å². The monoisotopic (exact) mass is 278 g/mol. The normalized spacial score (nSPS) is 15.2. The molecule has 0 aromatic carbocycles. The molecule has 1 saturated carbocycles.